The van der Waals surface area contributed by atoms with Crippen molar-refractivity contribution < 1.29 is 4.79 Å². The Morgan fingerprint density at radius 2 is 1.84 bits per heavy atom. The summed E-state index contributed by atoms with van der Waals surface area (Å²) >= 11 is 7.72. The van der Waals surface area contributed by atoms with Crippen molar-refractivity contribution in [2.24, 2.45) is 0 Å². The predicted octanol–water partition coefficient (Wildman–Crippen LogP) is 4.07. The number of nitrogens with zero attached hydrogens (tertiary/aromatic N) is 3. The topological polar surface area (TPSA) is 48.5 Å². The lowest BCUT2D eigenvalue weighted by molar-refractivity contribution is -0.120. The number of hydrogen-bond donors (Lipinski definition) is 1. The van der Waals surface area contributed by atoms with Gasteiger partial charge in [0.05, 0.1) is 12.1 Å². The molecular weight excluding hydrogens is 428 g/mol. The van der Waals surface area contributed by atoms with Crippen LogP contribution in [0.5, 0.6) is 0 Å². The third-order valence-electron chi connectivity index (χ3n) is 5.53. The Morgan fingerprint density at radius 3 is 2.58 bits per heavy atom. The molecule has 0 unspecified atom stereocenters. The molecule has 3 aromatic rings. The van der Waals surface area contributed by atoms with Gasteiger partial charge in [-0.25, -0.2) is 4.98 Å². The third-order valence-corrected chi connectivity index (χ3v) is 6.84. The highest BCUT2D eigenvalue weighted by atomic mass is 35.5. The van der Waals surface area contributed by atoms with Crippen LogP contribution in [0.3, 0.4) is 0 Å². The second kappa shape index (κ2) is 10.4. The number of benzene rings is 2. The quantitative estimate of drug-likeness (QED) is 0.584. The minimum atomic E-state index is -0.0562. The van der Waals surface area contributed by atoms with Gasteiger partial charge in [-0.05, 0) is 24.2 Å². The van der Waals surface area contributed by atoms with Crippen LogP contribution in [0.4, 0.5) is 0 Å². The molecule has 2 heterocycles. The van der Waals surface area contributed by atoms with Gasteiger partial charge in [0.25, 0.3) is 0 Å². The van der Waals surface area contributed by atoms with Gasteiger partial charge in [-0.1, -0.05) is 54.1 Å². The fourth-order valence-electron chi connectivity index (χ4n) is 3.60. The number of rotatable bonds is 7. The van der Waals surface area contributed by atoms with Crippen molar-refractivity contribution in [3.05, 3.63) is 75.8 Å². The van der Waals surface area contributed by atoms with E-state index in [0.717, 1.165) is 54.6 Å². The summed E-state index contributed by atoms with van der Waals surface area (Å²) < 4.78 is 0. The molecular formula is C24H27ClN4OS. The average molecular weight is 455 g/mol. The zero-order valence-corrected chi connectivity index (χ0v) is 19.3. The molecule has 1 N–H and O–H groups in total. The maximum Gasteiger partial charge on any atom is 0.226 e. The SMILES string of the molecule is CN1CCN(Cc2ccc(-c3nc(CC(=O)NCc4ccccc4Cl)cs3)cc2)CC1. The molecule has 0 saturated carbocycles. The highest BCUT2D eigenvalue weighted by Crippen LogP contribution is 2.25. The molecule has 0 spiro atoms. The second-order valence-electron chi connectivity index (χ2n) is 7.97. The summed E-state index contributed by atoms with van der Waals surface area (Å²) in [5.74, 6) is -0.0562. The van der Waals surface area contributed by atoms with Crippen LogP contribution >= 0.6 is 22.9 Å². The molecule has 1 aliphatic heterocycles. The Hall–Kier alpha value is -2.25. The number of aromatic nitrogens is 1. The number of carbonyl (C=O) groups is 1. The minimum absolute atomic E-state index is 0.0562. The molecule has 0 radical (unpaired) electrons. The van der Waals surface area contributed by atoms with Crippen LogP contribution in [-0.4, -0.2) is 53.9 Å². The lowest BCUT2D eigenvalue weighted by Crippen LogP contribution is -2.43. The van der Waals surface area contributed by atoms with Gasteiger partial charge in [0.2, 0.25) is 5.91 Å². The van der Waals surface area contributed by atoms with Crippen LogP contribution in [0.25, 0.3) is 10.6 Å². The van der Waals surface area contributed by atoms with Gasteiger partial charge in [0.1, 0.15) is 5.01 Å². The molecule has 5 nitrogen and oxygen atoms in total. The number of halogens is 1. The molecule has 1 aliphatic rings. The minimum Gasteiger partial charge on any atom is -0.352 e. The third kappa shape index (κ3) is 6.14. The van der Waals surface area contributed by atoms with E-state index < -0.39 is 0 Å². The van der Waals surface area contributed by atoms with E-state index in [1.807, 2.05) is 29.6 Å². The summed E-state index contributed by atoms with van der Waals surface area (Å²) in [6.45, 7) is 5.91. The molecule has 1 fully saturated rings. The Morgan fingerprint density at radius 1 is 1.10 bits per heavy atom. The Labute approximate surface area is 192 Å². The lowest BCUT2D eigenvalue weighted by Gasteiger charge is -2.32. The Bertz CT molecular complexity index is 1010. The molecule has 0 bridgehead atoms. The molecule has 162 valence electrons. The summed E-state index contributed by atoms with van der Waals surface area (Å²) in [5.41, 5.74) is 4.12. The van der Waals surface area contributed by atoms with E-state index in [0.29, 0.717) is 11.6 Å². The molecule has 31 heavy (non-hydrogen) atoms. The van der Waals surface area contributed by atoms with Gasteiger partial charge in [0.15, 0.2) is 0 Å². The van der Waals surface area contributed by atoms with Gasteiger partial charge in [-0.15, -0.1) is 11.3 Å². The lowest BCUT2D eigenvalue weighted by atomic mass is 10.1. The predicted molar refractivity (Wildman–Crippen MR) is 127 cm³/mol. The first kappa shape index (κ1) is 22.0. The molecule has 1 amide bonds. The highest BCUT2D eigenvalue weighted by Gasteiger charge is 2.14. The van der Waals surface area contributed by atoms with Crippen LogP contribution in [0.2, 0.25) is 5.02 Å². The normalized spacial score (nSPS) is 15.2. The second-order valence-corrected chi connectivity index (χ2v) is 9.23. The fourth-order valence-corrected chi connectivity index (χ4v) is 4.63. The number of piperazine rings is 1. The maximum atomic E-state index is 12.3. The van der Waals surface area contributed by atoms with Gasteiger partial charge in [0, 0.05) is 55.2 Å². The number of amides is 1. The standard InChI is InChI=1S/C24H27ClN4OS/c1-28-10-12-29(13-11-28)16-18-6-8-19(9-7-18)24-27-21(17-31-24)14-23(30)26-15-20-4-2-3-5-22(20)25/h2-9,17H,10-16H2,1H3,(H,26,30). The summed E-state index contributed by atoms with van der Waals surface area (Å²) in [7, 11) is 2.18. The van der Waals surface area contributed by atoms with Crippen molar-refractivity contribution in [3.8, 4) is 10.6 Å². The highest BCUT2D eigenvalue weighted by molar-refractivity contribution is 7.13. The van der Waals surface area contributed by atoms with E-state index in [-0.39, 0.29) is 12.3 Å². The molecule has 7 heteroatoms. The van der Waals surface area contributed by atoms with Crippen LogP contribution in [0.1, 0.15) is 16.8 Å². The van der Waals surface area contributed by atoms with Crippen molar-refractivity contribution in [1.82, 2.24) is 20.1 Å². The van der Waals surface area contributed by atoms with E-state index >= 15 is 0 Å². The van der Waals surface area contributed by atoms with Crippen molar-refractivity contribution in [1.29, 1.82) is 0 Å². The van der Waals surface area contributed by atoms with Gasteiger partial charge < -0.3 is 10.2 Å². The average Bonchev–Trinajstić information content (AvgIpc) is 3.24. The van der Waals surface area contributed by atoms with Crippen LogP contribution in [0, 0.1) is 0 Å². The first-order chi connectivity index (χ1) is 15.1. The van der Waals surface area contributed by atoms with Crippen LogP contribution < -0.4 is 5.32 Å². The summed E-state index contributed by atoms with van der Waals surface area (Å²) in [6.07, 6.45) is 0.266. The van der Waals surface area contributed by atoms with Crippen LogP contribution in [-0.2, 0) is 24.3 Å². The Balaban J connectivity index is 1.30. The zero-order chi connectivity index (χ0) is 21.6. The van der Waals surface area contributed by atoms with E-state index in [9.17, 15) is 4.79 Å². The van der Waals surface area contributed by atoms with Gasteiger partial charge in [-0.3, -0.25) is 9.69 Å². The summed E-state index contributed by atoms with van der Waals surface area (Å²) in [4.78, 5) is 21.8. The summed E-state index contributed by atoms with van der Waals surface area (Å²) in [5, 5.41) is 6.49. The van der Waals surface area contributed by atoms with E-state index in [1.165, 1.54) is 5.56 Å². The van der Waals surface area contributed by atoms with Crippen molar-refractivity contribution in [2.45, 2.75) is 19.5 Å². The monoisotopic (exact) mass is 454 g/mol. The molecule has 0 aliphatic carbocycles. The van der Waals surface area contributed by atoms with Gasteiger partial charge >= 0.3 is 0 Å². The molecule has 0 atom stereocenters. The fraction of sp³-hybridized carbons (Fsp3) is 0.333. The Kier molecular flexibility index (Phi) is 7.35. The van der Waals surface area contributed by atoms with E-state index in [4.69, 9.17) is 11.6 Å². The van der Waals surface area contributed by atoms with Crippen molar-refractivity contribution in [2.75, 3.05) is 33.2 Å². The van der Waals surface area contributed by atoms with E-state index in [2.05, 4.69) is 51.4 Å². The van der Waals surface area contributed by atoms with Gasteiger partial charge in [-0.2, -0.15) is 0 Å². The number of carbonyl (C=O) groups excluding carboxylic acids is 1. The van der Waals surface area contributed by atoms with Crippen molar-refractivity contribution in [3.63, 3.8) is 0 Å². The molecule has 4 rings (SSSR count). The van der Waals surface area contributed by atoms with E-state index in [1.54, 1.807) is 11.3 Å². The molecule has 1 aromatic heterocycles. The smallest absolute Gasteiger partial charge is 0.226 e. The van der Waals surface area contributed by atoms with Crippen molar-refractivity contribution >= 4 is 28.8 Å². The first-order valence-electron chi connectivity index (χ1n) is 10.5. The number of thiazole rings is 1. The zero-order valence-electron chi connectivity index (χ0n) is 17.7. The number of hydrogen-bond acceptors (Lipinski definition) is 5. The molecule has 1 saturated heterocycles. The molecule has 2 aromatic carbocycles. The number of nitrogens with one attached hydrogen (secondary N) is 1. The maximum absolute atomic E-state index is 12.3. The van der Waals surface area contributed by atoms with Crippen LogP contribution in [0.15, 0.2) is 53.9 Å². The largest absolute Gasteiger partial charge is 0.352 e. The summed E-state index contributed by atoms with van der Waals surface area (Å²) in [6, 6.07) is 16.2. The first-order valence-corrected chi connectivity index (χ1v) is 11.8. The number of likely N-dealkylation sites (N-methyl/N-ethyl adjacent to an activating group) is 1.